The van der Waals surface area contributed by atoms with Crippen LogP contribution in [0.1, 0.15) is 5.56 Å². The summed E-state index contributed by atoms with van der Waals surface area (Å²) in [6, 6.07) is 5.69. The van der Waals surface area contributed by atoms with E-state index in [4.69, 9.17) is 0 Å². The minimum Gasteiger partial charge on any atom is -0.334 e. The first-order valence-corrected chi connectivity index (χ1v) is 8.04. The molecule has 0 bridgehead atoms. The molecule has 1 aliphatic rings. The number of carbonyl (C=O) groups is 1. The molecule has 3 heterocycles. The number of rotatable bonds is 3. The summed E-state index contributed by atoms with van der Waals surface area (Å²) in [5.74, 6) is 2.79. The number of hydrogen-bond donors (Lipinski definition) is 1. The zero-order chi connectivity index (χ0) is 14.5. The Bertz CT molecular complexity index is 595. The lowest BCUT2D eigenvalue weighted by Gasteiger charge is -2.26. The van der Waals surface area contributed by atoms with E-state index in [-0.39, 0.29) is 6.03 Å². The third-order valence-corrected chi connectivity index (χ3v) is 4.23. The number of nitrogens with zero attached hydrogens (tertiary/aromatic N) is 4. The monoisotopic (exact) mass is 303 g/mol. The number of amides is 2. The highest BCUT2D eigenvalue weighted by Crippen LogP contribution is 2.10. The van der Waals surface area contributed by atoms with Crippen LogP contribution in [0.2, 0.25) is 0 Å². The van der Waals surface area contributed by atoms with Crippen molar-refractivity contribution in [1.82, 2.24) is 25.0 Å². The maximum atomic E-state index is 12.1. The van der Waals surface area contributed by atoms with Crippen molar-refractivity contribution >= 4 is 17.8 Å². The van der Waals surface area contributed by atoms with Crippen LogP contribution in [0.25, 0.3) is 5.82 Å². The Morgan fingerprint density at radius 3 is 2.95 bits per heavy atom. The van der Waals surface area contributed by atoms with Crippen molar-refractivity contribution in [2.45, 2.75) is 6.54 Å². The molecule has 0 atom stereocenters. The molecule has 0 spiro atoms. The number of nitrogens with one attached hydrogen (secondary N) is 1. The molecule has 3 rings (SSSR count). The predicted octanol–water partition coefficient (Wildman–Crippen LogP) is 1.53. The maximum absolute atomic E-state index is 12.1. The third-order valence-electron chi connectivity index (χ3n) is 3.29. The highest BCUT2D eigenvalue weighted by atomic mass is 32.2. The zero-order valence-electron chi connectivity index (χ0n) is 11.6. The van der Waals surface area contributed by atoms with Crippen LogP contribution in [-0.4, -0.2) is 50.3 Å². The second-order valence-corrected chi connectivity index (χ2v) is 5.96. The molecular formula is C14H17N5OS. The van der Waals surface area contributed by atoms with Gasteiger partial charge in [-0.2, -0.15) is 16.9 Å². The molecule has 0 unspecified atom stereocenters. The van der Waals surface area contributed by atoms with Gasteiger partial charge < -0.3 is 10.2 Å². The smallest absolute Gasteiger partial charge is 0.317 e. The highest BCUT2D eigenvalue weighted by molar-refractivity contribution is 7.99. The molecule has 0 saturated carbocycles. The van der Waals surface area contributed by atoms with Crippen molar-refractivity contribution in [1.29, 1.82) is 0 Å². The third kappa shape index (κ3) is 3.55. The Hall–Kier alpha value is -2.02. The van der Waals surface area contributed by atoms with Gasteiger partial charge in [0.15, 0.2) is 5.82 Å². The molecule has 2 aromatic heterocycles. The molecular weight excluding hydrogens is 286 g/mol. The number of thioether (sulfide) groups is 1. The van der Waals surface area contributed by atoms with E-state index in [0.717, 1.165) is 36.0 Å². The van der Waals surface area contributed by atoms with Gasteiger partial charge in [-0.1, -0.05) is 0 Å². The van der Waals surface area contributed by atoms with E-state index in [1.165, 1.54) is 0 Å². The number of carbonyl (C=O) groups excluding carboxylic acids is 1. The van der Waals surface area contributed by atoms with Gasteiger partial charge in [-0.15, -0.1) is 0 Å². The first-order valence-electron chi connectivity index (χ1n) is 6.88. The molecule has 1 aliphatic heterocycles. The van der Waals surface area contributed by atoms with Crippen LogP contribution in [0, 0.1) is 0 Å². The Balaban J connectivity index is 1.60. The molecule has 0 aliphatic carbocycles. The zero-order valence-corrected chi connectivity index (χ0v) is 12.4. The van der Waals surface area contributed by atoms with Crippen LogP contribution in [-0.2, 0) is 6.54 Å². The van der Waals surface area contributed by atoms with Crippen LogP contribution in [0.15, 0.2) is 36.8 Å². The molecule has 1 saturated heterocycles. The van der Waals surface area contributed by atoms with Gasteiger partial charge in [0.05, 0.1) is 0 Å². The largest absolute Gasteiger partial charge is 0.334 e. The Morgan fingerprint density at radius 2 is 2.19 bits per heavy atom. The van der Waals surface area contributed by atoms with Crippen molar-refractivity contribution < 1.29 is 4.79 Å². The summed E-state index contributed by atoms with van der Waals surface area (Å²) < 4.78 is 1.70. The molecule has 0 aromatic carbocycles. The van der Waals surface area contributed by atoms with E-state index < -0.39 is 0 Å². The van der Waals surface area contributed by atoms with Crippen LogP contribution in [0.4, 0.5) is 4.79 Å². The molecule has 110 valence electrons. The van der Waals surface area contributed by atoms with Gasteiger partial charge in [0.25, 0.3) is 0 Å². The van der Waals surface area contributed by atoms with E-state index in [9.17, 15) is 4.79 Å². The quantitative estimate of drug-likeness (QED) is 0.934. The average molecular weight is 303 g/mol. The van der Waals surface area contributed by atoms with Crippen LogP contribution >= 0.6 is 11.8 Å². The van der Waals surface area contributed by atoms with Crippen LogP contribution in [0.5, 0.6) is 0 Å². The van der Waals surface area contributed by atoms with E-state index >= 15 is 0 Å². The molecule has 7 heteroatoms. The van der Waals surface area contributed by atoms with Crippen molar-refractivity contribution in [2.75, 3.05) is 24.6 Å². The standard InChI is InChI=1S/C14H17N5OS/c20-14(18-6-8-21-9-7-18)16-11-12-2-4-15-13(10-12)19-5-1-3-17-19/h1-5,10H,6-9,11H2,(H,16,20). The predicted molar refractivity (Wildman–Crippen MR) is 82.5 cm³/mol. The maximum Gasteiger partial charge on any atom is 0.317 e. The fourth-order valence-corrected chi connectivity index (χ4v) is 3.06. The SMILES string of the molecule is O=C(NCc1ccnc(-n2cccn2)c1)N1CCSCC1. The minimum atomic E-state index is 0.00718. The van der Waals surface area contributed by atoms with Crippen molar-refractivity contribution in [3.63, 3.8) is 0 Å². The van der Waals surface area contributed by atoms with Gasteiger partial charge >= 0.3 is 6.03 Å². The summed E-state index contributed by atoms with van der Waals surface area (Å²) >= 11 is 1.89. The highest BCUT2D eigenvalue weighted by Gasteiger charge is 2.16. The Labute approximate surface area is 127 Å². The van der Waals surface area contributed by atoms with Gasteiger partial charge in [-0.3, -0.25) is 0 Å². The first-order chi connectivity index (χ1) is 10.3. The second kappa shape index (κ2) is 6.62. The van der Waals surface area contributed by atoms with Gasteiger partial charge in [0.2, 0.25) is 0 Å². The molecule has 1 fully saturated rings. The number of hydrogen-bond acceptors (Lipinski definition) is 4. The lowest BCUT2D eigenvalue weighted by atomic mass is 10.2. The van der Waals surface area contributed by atoms with Gasteiger partial charge in [0, 0.05) is 49.7 Å². The van der Waals surface area contributed by atoms with E-state index in [2.05, 4.69) is 15.4 Å². The minimum absolute atomic E-state index is 0.00718. The molecule has 2 amide bonds. The summed E-state index contributed by atoms with van der Waals surface area (Å²) in [4.78, 5) is 18.2. The summed E-state index contributed by atoms with van der Waals surface area (Å²) in [7, 11) is 0. The van der Waals surface area contributed by atoms with E-state index in [1.54, 1.807) is 17.1 Å². The lowest BCUT2D eigenvalue weighted by Crippen LogP contribution is -2.44. The summed E-state index contributed by atoms with van der Waals surface area (Å²) in [6.07, 6.45) is 5.29. The van der Waals surface area contributed by atoms with Crippen molar-refractivity contribution in [3.8, 4) is 5.82 Å². The molecule has 2 aromatic rings. The van der Waals surface area contributed by atoms with Gasteiger partial charge in [-0.25, -0.2) is 14.5 Å². The number of aromatic nitrogens is 3. The second-order valence-electron chi connectivity index (χ2n) is 4.73. The molecule has 1 N–H and O–H groups in total. The number of pyridine rings is 1. The molecule has 0 radical (unpaired) electrons. The van der Waals surface area contributed by atoms with Gasteiger partial charge in [0.1, 0.15) is 0 Å². The fourth-order valence-electron chi connectivity index (χ4n) is 2.16. The van der Waals surface area contributed by atoms with E-state index in [0.29, 0.717) is 6.54 Å². The summed E-state index contributed by atoms with van der Waals surface area (Å²) in [5.41, 5.74) is 1.01. The van der Waals surface area contributed by atoms with Crippen molar-refractivity contribution in [2.24, 2.45) is 0 Å². The summed E-state index contributed by atoms with van der Waals surface area (Å²) in [6.45, 7) is 2.15. The molecule has 21 heavy (non-hydrogen) atoms. The Kier molecular flexibility index (Phi) is 4.40. The molecule has 6 nitrogen and oxygen atoms in total. The average Bonchev–Trinajstić information content (AvgIpc) is 3.08. The lowest BCUT2D eigenvalue weighted by molar-refractivity contribution is 0.202. The Morgan fingerprint density at radius 1 is 1.33 bits per heavy atom. The number of urea groups is 1. The summed E-state index contributed by atoms with van der Waals surface area (Å²) in [5, 5.41) is 7.11. The van der Waals surface area contributed by atoms with E-state index in [1.807, 2.05) is 41.1 Å². The van der Waals surface area contributed by atoms with Crippen molar-refractivity contribution in [3.05, 3.63) is 42.4 Å². The van der Waals surface area contributed by atoms with Gasteiger partial charge in [-0.05, 0) is 23.8 Å². The van der Waals surface area contributed by atoms with Crippen LogP contribution in [0.3, 0.4) is 0 Å². The topological polar surface area (TPSA) is 63.1 Å². The normalized spacial score (nSPS) is 15.0. The fraction of sp³-hybridized carbons (Fsp3) is 0.357. The first kappa shape index (κ1) is 13.9. The van der Waals surface area contributed by atoms with Crippen LogP contribution < -0.4 is 5.32 Å².